The summed E-state index contributed by atoms with van der Waals surface area (Å²) in [5.74, 6) is -1.57. The zero-order chi connectivity index (χ0) is 15.1. The van der Waals surface area contributed by atoms with E-state index in [4.69, 9.17) is 5.11 Å². The van der Waals surface area contributed by atoms with Gasteiger partial charge in [0.2, 0.25) is 0 Å². The van der Waals surface area contributed by atoms with Gasteiger partial charge < -0.3 is 15.7 Å². The monoisotopic (exact) mass is 282 g/mol. The van der Waals surface area contributed by atoms with E-state index in [-0.39, 0.29) is 11.7 Å². The SMILES string of the molecule is CC(C)[C@H](NC(=O)NCCc1ccc(F)cc1)C(=O)O. The van der Waals surface area contributed by atoms with Crippen LogP contribution in [0.4, 0.5) is 9.18 Å². The van der Waals surface area contributed by atoms with Crippen LogP contribution >= 0.6 is 0 Å². The fraction of sp³-hybridized carbons (Fsp3) is 0.429. The van der Waals surface area contributed by atoms with Gasteiger partial charge in [-0.25, -0.2) is 14.0 Å². The molecule has 0 aliphatic rings. The number of halogens is 1. The van der Waals surface area contributed by atoms with E-state index in [9.17, 15) is 14.0 Å². The highest BCUT2D eigenvalue weighted by Gasteiger charge is 2.22. The third-order valence-corrected chi connectivity index (χ3v) is 2.83. The van der Waals surface area contributed by atoms with Gasteiger partial charge in [-0.05, 0) is 30.0 Å². The van der Waals surface area contributed by atoms with Crippen LogP contribution in [0.3, 0.4) is 0 Å². The molecule has 5 nitrogen and oxygen atoms in total. The Morgan fingerprint density at radius 1 is 1.25 bits per heavy atom. The molecule has 0 radical (unpaired) electrons. The molecule has 0 aliphatic carbocycles. The Bertz CT molecular complexity index is 460. The molecule has 110 valence electrons. The van der Waals surface area contributed by atoms with Crippen molar-refractivity contribution in [3.8, 4) is 0 Å². The number of carbonyl (C=O) groups excluding carboxylic acids is 1. The molecule has 20 heavy (non-hydrogen) atoms. The molecular formula is C14H19FN2O3. The van der Waals surface area contributed by atoms with Crippen LogP contribution in [0.1, 0.15) is 19.4 Å². The van der Waals surface area contributed by atoms with E-state index in [0.717, 1.165) is 5.56 Å². The highest BCUT2D eigenvalue weighted by Crippen LogP contribution is 2.03. The minimum absolute atomic E-state index is 0.199. The normalized spacial score (nSPS) is 12.0. The number of benzene rings is 1. The Hall–Kier alpha value is -2.11. The van der Waals surface area contributed by atoms with E-state index in [1.54, 1.807) is 26.0 Å². The topological polar surface area (TPSA) is 78.4 Å². The zero-order valence-corrected chi connectivity index (χ0v) is 11.5. The fourth-order valence-electron chi connectivity index (χ4n) is 1.68. The first-order valence-corrected chi connectivity index (χ1v) is 6.41. The zero-order valence-electron chi connectivity index (χ0n) is 11.5. The minimum atomic E-state index is -1.06. The molecule has 6 heteroatoms. The lowest BCUT2D eigenvalue weighted by atomic mass is 10.1. The minimum Gasteiger partial charge on any atom is -0.480 e. The van der Waals surface area contributed by atoms with Crippen molar-refractivity contribution in [2.24, 2.45) is 5.92 Å². The molecule has 1 rings (SSSR count). The molecule has 0 saturated heterocycles. The first-order chi connectivity index (χ1) is 9.40. The van der Waals surface area contributed by atoms with Crippen molar-refractivity contribution >= 4 is 12.0 Å². The summed E-state index contributed by atoms with van der Waals surface area (Å²) in [6, 6.07) is 4.56. The van der Waals surface area contributed by atoms with Crippen molar-refractivity contribution in [3.63, 3.8) is 0 Å². The predicted octanol–water partition coefficient (Wildman–Crippen LogP) is 1.78. The lowest BCUT2D eigenvalue weighted by Gasteiger charge is -2.18. The Balaban J connectivity index is 2.36. The number of amides is 2. The molecule has 1 aromatic carbocycles. The van der Waals surface area contributed by atoms with Gasteiger partial charge in [-0.3, -0.25) is 0 Å². The summed E-state index contributed by atoms with van der Waals surface area (Å²) in [6.07, 6.45) is 0.549. The average Bonchev–Trinajstić information content (AvgIpc) is 2.37. The molecule has 2 amide bonds. The first kappa shape index (κ1) is 15.9. The Morgan fingerprint density at radius 2 is 1.85 bits per heavy atom. The van der Waals surface area contributed by atoms with Crippen LogP contribution in [0.2, 0.25) is 0 Å². The van der Waals surface area contributed by atoms with Crippen LogP contribution in [0, 0.1) is 11.7 Å². The summed E-state index contributed by atoms with van der Waals surface area (Å²) >= 11 is 0. The summed E-state index contributed by atoms with van der Waals surface area (Å²) in [5.41, 5.74) is 0.894. The highest BCUT2D eigenvalue weighted by molar-refractivity contribution is 5.82. The number of rotatable bonds is 6. The van der Waals surface area contributed by atoms with E-state index < -0.39 is 18.0 Å². The van der Waals surface area contributed by atoms with Crippen LogP contribution in [0.25, 0.3) is 0 Å². The van der Waals surface area contributed by atoms with Crippen molar-refractivity contribution in [1.82, 2.24) is 10.6 Å². The second-order valence-corrected chi connectivity index (χ2v) is 4.84. The van der Waals surface area contributed by atoms with Crippen molar-refractivity contribution < 1.29 is 19.1 Å². The van der Waals surface area contributed by atoms with E-state index in [1.165, 1.54) is 12.1 Å². The second-order valence-electron chi connectivity index (χ2n) is 4.84. The Morgan fingerprint density at radius 3 is 2.35 bits per heavy atom. The maximum absolute atomic E-state index is 12.7. The maximum Gasteiger partial charge on any atom is 0.326 e. The number of carboxylic acid groups (broad SMARTS) is 1. The standard InChI is InChI=1S/C14H19FN2O3/c1-9(2)12(13(18)19)17-14(20)16-8-7-10-3-5-11(15)6-4-10/h3-6,9,12H,7-8H2,1-2H3,(H,18,19)(H2,16,17,20)/t12-/m0/s1. The van der Waals surface area contributed by atoms with Crippen molar-refractivity contribution in [3.05, 3.63) is 35.6 Å². The number of carbonyl (C=O) groups is 2. The van der Waals surface area contributed by atoms with Crippen LogP contribution in [0.5, 0.6) is 0 Å². The number of hydrogen-bond acceptors (Lipinski definition) is 2. The van der Waals surface area contributed by atoms with Crippen LogP contribution in [-0.4, -0.2) is 29.7 Å². The first-order valence-electron chi connectivity index (χ1n) is 6.41. The molecule has 0 aliphatic heterocycles. The van der Waals surface area contributed by atoms with Gasteiger partial charge in [0.25, 0.3) is 0 Å². The Labute approximate surface area is 117 Å². The summed E-state index contributed by atoms with van der Waals surface area (Å²) in [5, 5.41) is 13.9. The summed E-state index contributed by atoms with van der Waals surface area (Å²) in [6.45, 7) is 3.79. The van der Waals surface area contributed by atoms with Gasteiger partial charge >= 0.3 is 12.0 Å². The Kier molecular flexibility index (Phi) is 5.96. The molecule has 1 aromatic rings. The van der Waals surface area contributed by atoms with Gasteiger partial charge in [0, 0.05) is 6.54 Å². The molecule has 0 saturated carbocycles. The van der Waals surface area contributed by atoms with E-state index >= 15 is 0 Å². The molecule has 0 aromatic heterocycles. The summed E-state index contributed by atoms with van der Waals surface area (Å²) < 4.78 is 12.7. The van der Waals surface area contributed by atoms with Gasteiger partial charge in [0.05, 0.1) is 0 Å². The second kappa shape index (κ2) is 7.47. The van der Waals surface area contributed by atoms with Gasteiger partial charge in [-0.2, -0.15) is 0 Å². The molecule has 0 unspecified atom stereocenters. The molecular weight excluding hydrogens is 263 g/mol. The quantitative estimate of drug-likeness (QED) is 0.744. The largest absolute Gasteiger partial charge is 0.480 e. The molecule has 0 heterocycles. The number of nitrogens with one attached hydrogen (secondary N) is 2. The number of aliphatic carboxylic acids is 1. The number of urea groups is 1. The van der Waals surface area contributed by atoms with E-state index in [0.29, 0.717) is 13.0 Å². The van der Waals surface area contributed by atoms with Crippen molar-refractivity contribution in [1.29, 1.82) is 0 Å². The third-order valence-electron chi connectivity index (χ3n) is 2.83. The van der Waals surface area contributed by atoms with Gasteiger partial charge in [-0.1, -0.05) is 26.0 Å². The highest BCUT2D eigenvalue weighted by atomic mass is 19.1. The van der Waals surface area contributed by atoms with E-state index in [1.807, 2.05) is 0 Å². The van der Waals surface area contributed by atoms with Gasteiger partial charge in [0.15, 0.2) is 0 Å². The molecule has 0 bridgehead atoms. The smallest absolute Gasteiger partial charge is 0.326 e. The number of hydrogen-bond donors (Lipinski definition) is 3. The molecule has 0 spiro atoms. The fourth-order valence-corrected chi connectivity index (χ4v) is 1.68. The molecule has 0 fully saturated rings. The lowest BCUT2D eigenvalue weighted by Crippen LogP contribution is -2.48. The molecule has 1 atom stereocenters. The van der Waals surface area contributed by atoms with Crippen LogP contribution < -0.4 is 10.6 Å². The lowest BCUT2D eigenvalue weighted by molar-refractivity contribution is -0.140. The summed E-state index contributed by atoms with van der Waals surface area (Å²) in [4.78, 5) is 22.5. The van der Waals surface area contributed by atoms with E-state index in [2.05, 4.69) is 10.6 Å². The van der Waals surface area contributed by atoms with Crippen molar-refractivity contribution in [2.45, 2.75) is 26.3 Å². The van der Waals surface area contributed by atoms with Crippen LogP contribution in [0.15, 0.2) is 24.3 Å². The maximum atomic E-state index is 12.7. The van der Waals surface area contributed by atoms with Crippen molar-refractivity contribution in [2.75, 3.05) is 6.54 Å². The van der Waals surface area contributed by atoms with Gasteiger partial charge in [0.1, 0.15) is 11.9 Å². The third kappa shape index (κ3) is 5.26. The van der Waals surface area contributed by atoms with Crippen LogP contribution in [-0.2, 0) is 11.2 Å². The summed E-state index contributed by atoms with van der Waals surface area (Å²) in [7, 11) is 0. The predicted molar refractivity (Wildman–Crippen MR) is 72.9 cm³/mol. The van der Waals surface area contributed by atoms with Gasteiger partial charge in [-0.15, -0.1) is 0 Å². The number of carboxylic acids is 1. The molecule has 3 N–H and O–H groups in total. The average molecular weight is 282 g/mol.